The van der Waals surface area contributed by atoms with Crippen molar-refractivity contribution >= 4 is 51.9 Å². The number of thiazole rings is 1. The van der Waals surface area contributed by atoms with Crippen LogP contribution >= 0.6 is 34.3 Å². The first-order chi connectivity index (χ1) is 20.3. The second-order valence-corrected chi connectivity index (χ2v) is 11.9. The van der Waals surface area contributed by atoms with Crippen LogP contribution in [0.5, 0.6) is 5.75 Å². The fraction of sp³-hybridized carbons (Fsp3) is 0.129. The number of carbonyl (C=O) groups is 1. The van der Waals surface area contributed by atoms with Crippen molar-refractivity contribution in [2.45, 2.75) is 26.5 Å². The summed E-state index contributed by atoms with van der Waals surface area (Å²) >= 11 is 8.53. The molecule has 0 unspecified atom stereocenters. The number of fused-ring (bicyclic) bond motifs is 1. The Kier molecular flexibility index (Phi) is 7.68. The topological polar surface area (TPSA) is 85.8 Å². The number of nitrogens with one attached hydrogen (secondary N) is 1. The SMILES string of the molecule is CC1=C(C(=O)Nc2ccccc2C)[C@H](c2cccs2)n2c(s/c(=C/c3ccc(COc4ccc(F)c(Cl)c4)o3)c2=O)=N1. The van der Waals surface area contributed by atoms with Crippen molar-refractivity contribution in [3.05, 3.63) is 136 Å². The summed E-state index contributed by atoms with van der Waals surface area (Å²) in [5.74, 6) is 0.533. The number of thiophene rings is 1. The Morgan fingerprint density at radius 1 is 1.17 bits per heavy atom. The summed E-state index contributed by atoms with van der Waals surface area (Å²) in [5.41, 5.74) is 2.31. The highest BCUT2D eigenvalue weighted by atomic mass is 35.5. The number of nitrogens with zero attached hydrogens (tertiary/aromatic N) is 2. The maximum absolute atomic E-state index is 13.8. The van der Waals surface area contributed by atoms with Crippen LogP contribution in [0.1, 0.15) is 34.9 Å². The van der Waals surface area contributed by atoms with Gasteiger partial charge >= 0.3 is 0 Å². The number of aromatic nitrogens is 1. The van der Waals surface area contributed by atoms with Gasteiger partial charge in [0.1, 0.15) is 35.7 Å². The van der Waals surface area contributed by atoms with Crippen LogP contribution in [0.25, 0.3) is 6.08 Å². The third-order valence-electron chi connectivity index (χ3n) is 6.70. The molecule has 1 N–H and O–H groups in total. The number of benzene rings is 2. The van der Waals surface area contributed by atoms with Crippen LogP contribution in [0, 0.1) is 12.7 Å². The molecule has 212 valence electrons. The average Bonchev–Trinajstić information content (AvgIpc) is 3.72. The minimum Gasteiger partial charge on any atom is -0.486 e. The number of rotatable bonds is 7. The van der Waals surface area contributed by atoms with E-state index in [2.05, 4.69) is 10.3 Å². The molecule has 1 atom stereocenters. The number of para-hydroxylation sites is 1. The molecule has 5 aromatic rings. The molecule has 0 bridgehead atoms. The maximum atomic E-state index is 13.8. The summed E-state index contributed by atoms with van der Waals surface area (Å²) in [6, 6.07) is 18.3. The van der Waals surface area contributed by atoms with Crippen LogP contribution in [-0.2, 0) is 11.4 Å². The molecule has 4 heterocycles. The number of amides is 1. The molecule has 2 aromatic carbocycles. The van der Waals surface area contributed by atoms with Gasteiger partial charge in [-0.3, -0.25) is 14.2 Å². The van der Waals surface area contributed by atoms with Gasteiger partial charge in [0.05, 0.1) is 20.8 Å². The summed E-state index contributed by atoms with van der Waals surface area (Å²) < 4.78 is 26.9. The average molecular weight is 620 g/mol. The minimum absolute atomic E-state index is 0.0325. The quantitative estimate of drug-likeness (QED) is 0.235. The van der Waals surface area contributed by atoms with Gasteiger partial charge in [0, 0.05) is 22.7 Å². The van der Waals surface area contributed by atoms with Crippen molar-refractivity contribution in [2.75, 3.05) is 5.32 Å². The molecule has 1 amide bonds. The Morgan fingerprint density at radius 2 is 2.00 bits per heavy atom. The van der Waals surface area contributed by atoms with Crippen LogP contribution in [0.4, 0.5) is 10.1 Å². The number of hydrogen-bond donors (Lipinski definition) is 1. The van der Waals surface area contributed by atoms with E-state index in [4.69, 9.17) is 20.8 Å². The number of aryl methyl sites for hydroxylation is 1. The Balaban J connectivity index is 1.32. The van der Waals surface area contributed by atoms with E-state index in [1.807, 2.05) is 48.7 Å². The van der Waals surface area contributed by atoms with E-state index in [-0.39, 0.29) is 23.1 Å². The fourth-order valence-electron chi connectivity index (χ4n) is 4.63. The number of furan rings is 1. The number of halogens is 2. The van der Waals surface area contributed by atoms with Crippen LogP contribution in [0.2, 0.25) is 5.02 Å². The number of anilines is 1. The molecule has 6 rings (SSSR count). The van der Waals surface area contributed by atoms with Gasteiger partial charge in [-0.25, -0.2) is 9.38 Å². The number of carbonyl (C=O) groups excluding carboxylic acids is 1. The lowest BCUT2D eigenvalue weighted by molar-refractivity contribution is -0.113. The number of hydrogen-bond acceptors (Lipinski definition) is 7. The highest BCUT2D eigenvalue weighted by molar-refractivity contribution is 7.10. The second kappa shape index (κ2) is 11.6. The molecule has 1 aliphatic rings. The third kappa shape index (κ3) is 5.48. The molecule has 0 saturated carbocycles. The predicted octanol–water partition coefficient (Wildman–Crippen LogP) is 6.21. The van der Waals surface area contributed by atoms with Crippen molar-refractivity contribution in [3.63, 3.8) is 0 Å². The molecule has 7 nitrogen and oxygen atoms in total. The number of ether oxygens (including phenoxy) is 1. The van der Waals surface area contributed by atoms with E-state index in [1.54, 1.807) is 29.7 Å². The van der Waals surface area contributed by atoms with E-state index in [9.17, 15) is 14.0 Å². The zero-order valence-corrected chi connectivity index (χ0v) is 24.8. The third-order valence-corrected chi connectivity index (χ3v) is 8.90. The molecular weight excluding hydrogens is 597 g/mol. The van der Waals surface area contributed by atoms with Gasteiger partial charge in [-0.05, 0) is 61.2 Å². The van der Waals surface area contributed by atoms with Gasteiger partial charge in [0.2, 0.25) is 0 Å². The van der Waals surface area contributed by atoms with Crippen molar-refractivity contribution in [2.24, 2.45) is 4.99 Å². The lowest BCUT2D eigenvalue weighted by atomic mass is 10.0. The monoisotopic (exact) mass is 619 g/mol. The van der Waals surface area contributed by atoms with Crippen molar-refractivity contribution in [1.29, 1.82) is 0 Å². The maximum Gasteiger partial charge on any atom is 0.271 e. The first-order valence-electron chi connectivity index (χ1n) is 12.9. The Bertz CT molecular complexity index is 2020. The summed E-state index contributed by atoms with van der Waals surface area (Å²) in [6.07, 6.45) is 1.65. The van der Waals surface area contributed by atoms with Gasteiger partial charge in [-0.1, -0.05) is 47.2 Å². The smallest absolute Gasteiger partial charge is 0.271 e. The Hall–Kier alpha value is -4.25. The molecule has 11 heteroatoms. The van der Waals surface area contributed by atoms with E-state index < -0.39 is 11.9 Å². The van der Waals surface area contributed by atoms with Gasteiger partial charge in [0.25, 0.3) is 11.5 Å². The second-order valence-electron chi connectivity index (χ2n) is 9.53. The molecule has 0 radical (unpaired) electrons. The van der Waals surface area contributed by atoms with Gasteiger partial charge in [-0.2, -0.15) is 0 Å². The Labute approximate surface area is 252 Å². The molecule has 0 fully saturated rings. The predicted molar refractivity (Wildman–Crippen MR) is 162 cm³/mol. The summed E-state index contributed by atoms with van der Waals surface area (Å²) in [6.45, 7) is 3.80. The Morgan fingerprint density at radius 3 is 2.76 bits per heavy atom. The largest absolute Gasteiger partial charge is 0.486 e. The van der Waals surface area contributed by atoms with Crippen LogP contribution in [0.3, 0.4) is 0 Å². The van der Waals surface area contributed by atoms with Crippen LogP contribution in [-0.4, -0.2) is 10.5 Å². The van der Waals surface area contributed by atoms with Crippen molar-refractivity contribution in [1.82, 2.24) is 4.57 Å². The van der Waals surface area contributed by atoms with Gasteiger partial charge < -0.3 is 14.5 Å². The molecule has 42 heavy (non-hydrogen) atoms. The highest BCUT2D eigenvalue weighted by Crippen LogP contribution is 2.33. The van der Waals surface area contributed by atoms with Crippen LogP contribution in [0.15, 0.2) is 97.6 Å². The number of allylic oxidation sites excluding steroid dienone is 1. The zero-order valence-electron chi connectivity index (χ0n) is 22.4. The zero-order chi connectivity index (χ0) is 29.4. The van der Waals surface area contributed by atoms with E-state index in [0.29, 0.717) is 43.6 Å². The molecule has 3 aromatic heterocycles. The molecule has 1 aliphatic heterocycles. The van der Waals surface area contributed by atoms with Gasteiger partial charge in [0.15, 0.2) is 4.80 Å². The lowest BCUT2D eigenvalue weighted by Gasteiger charge is -2.24. The van der Waals surface area contributed by atoms with Crippen molar-refractivity contribution in [3.8, 4) is 5.75 Å². The lowest BCUT2D eigenvalue weighted by Crippen LogP contribution is -2.40. The molecule has 0 saturated heterocycles. The normalized spacial score (nSPS) is 15.0. The molecular formula is C31H23ClFN3O4S2. The molecule has 0 aliphatic carbocycles. The van der Waals surface area contributed by atoms with Gasteiger partial charge in [-0.15, -0.1) is 11.3 Å². The summed E-state index contributed by atoms with van der Waals surface area (Å²) in [4.78, 5) is 33.5. The van der Waals surface area contributed by atoms with Crippen LogP contribution < -0.4 is 24.9 Å². The summed E-state index contributed by atoms with van der Waals surface area (Å²) in [7, 11) is 0. The van der Waals surface area contributed by atoms with E-state index >= 15 is 0 Å². The summed E-state index contributed by atoms with van der Waals surface area (Å²) in [5, 5.41) is 4.89. The standard InChI is InChI=1S/C31H23ClFN3O4S2/c1-17-6-3-4-7-24(17)35-29(37)27-18(2)34-31-36(28(27)25-8-5-13-41-25)30(38)26(42-31)15-20-9-10-21(40-20)16-39-19-11-12-23(33)22(32)14-19/h3-15,28H,16H2,1-2H3,(H,35,37)/b26-15+/t28-/m0/s1. The first kappa shape index (κ1) is 27.9. The minimum atomic E-state index is -0.629. The highest BCUT2D eigenvalue weighted by Gasteiger charge is 2.33. The first-order valence-corrected chi connectivity index (χ1v) is 15.0. The van der Waals surface area contributed by atoms with Crippen molar-refractivity contribution < 1.29 is 18.3 Å². The van der Waals surface area contributed by atoms with E-state index in [1.165, 1.54) is 40.9 Å². The van der Waals surface area contributed by atoms with E-state index in [0.717, 1.165) is 10.4 Å². The fourth-order valence-corrected chi connectivity index (χ4v) is 6.65. The molecule has 0 spiro atoms.